The molecule has 0 heterocycles. The highest BCUT2D eigenvalue weighted by Gasteiger charge is 2.11. The molecule has 0 atom stereocenters. The Morgan fingerprint density at radius 3 is 2.43 bits per heavy atom. The highest BCUT2D eigenvalue weighted by molar-refractivity contribution is 7.90. The molecule has 2 rings (SSSR count). The summed E-state index contributed by atoms with van der Waals surface area (Å²) < 4.78 is 23.1. The Morgan fingerprint density at radius 2 is 1.76 bits per heavy atom. The van der Waals surface area contributed by atoms with Gasteiger partial charge in [-0.25, -0.2) is 8.42 Å². The monoisotopic (exact) mass is 363 g/mol. The number of nitrogens with one attached hydrogen (secondary N) is 1. The summed E-state index contributed by atoms with van der Waals surface area (Å²) in [6.07, 6.45) is 1.15. The van der Waals surface area contributed by atoms with Crippen LogP contribution in [0, 0.1) is 0 Å². The number of benzene rings is 2. The standard InChI is InChI=1S/C14H12Cl3NO2S/c1-21(19,20)10-5-6-11(15)13(7-10)18-8-9-3-2-4-12(16)14(9)17/h2-7,18H,8H2,1H3. The van der Waals surface area contributed by atoms with Gasteiger partial charge >= 0.3 is 0 Å². The van der Waals surface area contributed by atoms with Crippen LogP contribution in [0.25, 0.3) is 0 Å². The van der Waals surface area contributed by atoms with Gasteiger partial charge in [0.15, 0.2) is 9.84 Å². The van der Waals surface area contributed by atoms with E-state index in [1.54, 1.807) is 18.2 Å². The molecule has 0 saturated heterocycles. The average molecular weight is 365 g/mol. The van der Waals surface area contributed by atoms with E-state index in [4.69, 9.17) is 34.8 Å². The van der Waals surface area contributed by atoms with Gasteiger partial charge in [0.1, 0.15) is 0 Å². The van der Waals surface area contributed by atoms with Crippen molar-refractivity contribution in [1.29, 1.82) is 0 Å². The van der Waals surface area contributed by atoms with Crippen molar-refractivity contribution in [2.24, 2.45) is 0 Å². The summed E-state index contributed by atoms with van der Waals surface area (Å²) in [6, 6.07) is 9.82. The summed E-state index contributed by atoms with van der Waals surface area (Å²) in [5, 5.41) is 4.43. The minimum atomic E-state index is -3.29. The van der Waals surface area contributed by atoms with Crippen molar-refractivity contribution in [3.63, 3.8) is 0 Å². The highest BCUT2D eigenvalue weighted by atomic mass is 35.5. The summed E-state index contributed by atoms with van der Waals surface area (Å²) in [5.74, 6) is 0. The Morgan fingerprint density at radius 1 is 1.05 bits per heavy atom. The predicted molar refractivity (Wildman–Crippen MR) is 88.4 cm³/mol. The number of anilines is 1. The van der Waals surface area contributed by atoms with Crippen LogP contribution < -0.4 is 5.32 Å². The molecule has 2 aromatic carbocycles. The molecule has 0 amide bonds. The van der Waals surface area contributed by atoms with Crippen LogP contribution in [0.2, 0.25) is 15.1 Å². The molecule has 0 spiro atoms. The molecule has 0 unspecified atom stereocenters. The van der Waals surface area contributed by atoms with Crippen molar-refractivity contribution >= 4 is 50.3 Å². The molecule has 0 aromatic heterocycles. The lowest BCUT2D eigenvalue weighted by Gasteiger charge is -2.11. The third kappa shape index (κ3) is 4.04. The fourth-order valence-corrected chi connectivity index (χ4v) is 2.96. The second-order valence-electron chi connectivity index (χ2n) is 4.48. The molecular weight excluding hydrogens is 353 g/mol. The maximum atomic E-state index is 11.6. The topological polar surface area (TPSA) is 46.2 Å². The van der Waals surface area contributed by atoms with E-state index >= 15 is 0 Å². The third-order valence-electron chi connectivity index (χ3n) is 2.87. The Labute approximate surface area is 138 Å². The molecule has 2 aromatic rings. The lowest BCUT2D eigenvalue weighted by Crippen LogP contribution is -2.03. The molecule has 7 heteroatoms. The van der Waals surface area contributed by atoms with Gasteiger partial charge in [0.2, 0.25) is 0 Å². The molecule has 112 valence electrons. The zero-order valence-corrected chi connectivity index (χ0v) is 14.1. The van der Waals surface area contributed by atoms with Gasteiger partial charge in [0.25, 0.3) is 0 Å². The Hall–Kier alpha value is -0.940. The summed E-state index contributed by atoms with van der Waals surface area (Å²) >= 11 is 18.1. The Bertz CT molecular complexity index is 776. The van der Waals surface area contributed by atoms with Crippen LogP contribution in [0.1, 0.15) is 5.56 Å². The second-order valence-corrected chi connectivity index (χ2v) is 7.69. The van der Waals surface area contributed by atoms with E-state index in [0.717, 1.165) is 11.8 Å². The van der Waals surface area contributed by atoms with Gasteiger partial charge in [0, 0.05) is 12.8 Å². The van der Waals surface area contributed by atoms with Crippen molar-refractivity contribution in [2.75, 3.05) is 11.6 Å². The first-order valence-corrected chi connectivity index (χ1v) is 8.98. The quantitative estimate of drug-likeness (QED) is 0.858. The van der Waals surface area contributed by atoms with E-state index in [0.29, 0.717) is 27.3 Å². The van der Waals surface area contributed by atoms with Crippen LogP contribution in [0.5, 0.6) is 0 Å². The van der Waals surface area contributed by atoms with Gasteiger partial charge in [-0.2, -0.15) is 0 Å². The molecular formula is C14H12Cl3NO2S. The van der Waals surface area contributed by atoms with Crippen molar-refractivity contribution < 1.29 is 8.42 Å². The van der Waals surface area contributed by atoms with Crippen molar-refractivity contribution in [3.8, 4) is 0 Å². The van der Waals surface area contributed by atoms with Crippen LogP contribution in [-0.4, -0.2) is 14.7 Å². The molecule has 0 aliphatic rings. The van der Waals surface area contributed by atoms with E-state index in [9.17, 15) is 8.42 Å². The van der Waals surface area contributed by atoms with Gasteiger partial charge in [-0.1, -0.05) is 46.9 Å². The number of hydrogen-bond donors (Lipinski definition) is 1. The van der Waals surface area contributed by atoms with Crippen molar-refractivity contribution in [2.45, 2.75) is 11.4 Å². The smallest absolute Gasteiger partial charge is 0.175 e. The minimum Gasteiger partial charge on any atom is -0.380 e. The van der Waals surface area contributed by atoms with E-state index in [2.05, 4.69) is 5.32 Å². The number of sulfone groups is 1. The number of hydrogen-bond acceptors (Lipinski definition) is 3. The Kier molecular flexibility index (Phi) is 5.04. The van der Waals surface area contributed by atoms with Gasteiger partial charge < -0.3 is 5.32 Å². The molecule has 0 radical (unpaired) electrons. The van der Waals surface area contributed by atoms with Crippen LogP contribution in [0.3, 0.4) is 0 Å². The molecule has 0 aliphatic heterocycles. The fourth-order valence-electron chi connectivity index (χ4n) is 1.75. The SMILES string of the molecule is CS(=O)(=O)c1ccc(Cl)c(NCc2cccc(Cl)c2Cl)c1. The van der Waals surface area contributed by atoms with E-state index in [1.165, 1.54) is 12.1 Å². The number of halogens is 3. The minimum absolute atomic E-state index is 0.201. The van der Waals surface area contributed by atoms with Gasteiger partial charge in [-0.3, -0.25) is 0 Å². The molecule has 0 saturated carbocycles. The first-order valence-electron chi connectivity index (χ1n) is 5.95. The highest BCUT2D eigenvalue weighted by Crippen LogP contribution is 2.29. The molecule has 3 nitrogen and oxygen atoms in total. The van der Waals surface area contributed by atoms with Gasteiger partial charge in [-0.05, 0) is 29.8 Å². The van der Waals surface area contributed by atoms with E-state index < -0.39 is 9.84 Å². The van der Waals surface area contributed by atoms with E-state index in [1.807, 2.05) is 6.07 Å². The van der Waals surface area contributed by atoms with Crippen molar-refractivity contribution in [1.82, 2.24) is 0 Å². The zero-order chi connectivity index (χ0) is 15.6. The Balaban J connectivity index is 2.26. The number of rotatable bonds is 4. The molecule has 21 heavy (non-hydrogen) atoms. The lowest BCUT2D eigenvalue weighted by atomic mass is 10.2. The summed E-state index contributed by atoms with van der Waals surface area (Å²) in [6.45, 7) is 0.381. The second kappa shape index (κ2) is 6.44. The average Bonchev–Trinajstić information content (AvgIpc) is 2.40. The first-order chi connectivity index (χ1) is 9.79. The zero-order valence-electron chi connectivity index (χ0n) is 11.0. The lowest BCUT2D eigenvalue weighted by molar-refractivity contribution is 0.602. The molecule has 0 fully saturated rings. The molecule has 0 aliphatic carbocycles. The van der Waals surface area contributed by atoms with Crippen LogP contribution >= 0.6 is 34.8 Å². The van der Waals surface area contributed by atoms with Crippen LogP contribution in [0.15, 0.2) is 41.3 Å². The van der Waals surface area contributed by atoms with Gasteiger partial charge in [-0.15, -0.1) is 0 Å². The van der Waals surface area contributed by atoms with Gasteiger partial charge in [0.05, 0.1) is 25.7 Å². The maximum absolute atomic E-state index is 11.6. The molecule has 0 bridgehead atoms. The van der Waals surface area contributed by atoms with Crippen LogP contribution in [-0.2, 0) is 16.4 Å². The predicted octanol–water partition coefficient (Wildman–Crippen LogP) is 4.66. The summed E-state index contributed by atoms with van der Waals surface area (Å²) in [5.41, 5.74) is 1.32. The molecule has 1 N–H and O–H groups in total. The summed E-state index contributed by atoms with van der Waals surface area (Å²) in [4.78, 5) is 0.201. The largest absolute Gasteiger partial charge is 0.380 e. The first kappa shape index (κ1) is 16.4. The fraction of sp³-hybridized carbons (Fsp3) is 0.143. The van der Waals surface area contributed by atoms with Crippen LogP contribution in [0.4, 0.5) is 5.69 Å². The van der Waals surface area contributed by atoms with E-state index in [-0.39, 0.29) is 4.90 Å². The van der Waals surface area contributed by atoms with Crippen molar-refractivity contribution in [3.05, 3.63) is 57.0 Å². The summed E-state index contributed by atoms with van der Waals surface area (Å²) in [7, 11) is -3.29. The normalized spacial score (nSPS) is 11.4. The third-order valence-corrected chi connectivity index (χ3v) is 5.16. The maximum Gasteiger partial charge on any atom is 0.175 e.